The second kappa shape index (κ2) is 6.96. The number of hydrogen-bond donors (Lipinski definition) is 1. The molecule has 0 saturated heterocycles. The highest BCUT2D eigenvalue weighted by Crippen LogP contribution is 2.32. The van der Waals surface area contributed by atoms with Gasteiger partial charge in [0.2, 0.25) is 0 Å². The SMILES string of the molecule is CNc1ccc(-c2nc3ccc(OCCC(C)F)cc3s2)cc1. The summed E-state index contributed by atoms with van der Waals surface area (Å²) in [5, 5.41) is 4.09. The minimum absolute atomic E-state index is 0.389. The van der Waals surface area contributed by atoms with Gasteiger partial charge in [0, 0.05) is 24.7 Å². The summed E-state index contributed by atoms with van der Waals surface area (Å²) in [5.74, 6) is 0.763. The van der Waals surface area contributed by atoms with Crippen LogP contribution < -0.4 is 10.1 Å². The summed E-state index contributed by atoms with van der Waals surface area (Å²) in [6.07, 6.45) is -0.432. The number of benzene rings is 2. The van der Waals surface area contributed by atoms with Crippen LogP contribution in [0, 0.1) is 0 Å². The lowest BCUT2D eigenvalue weighted by Crippen LogP contribution is -2.03. The van der Waals surface area contributed by atoms with E-state index in [0.717, 1.165) is 32.2 Å². The Morgan fingerprint density at radius 1 is 1.22 bits per heavy atom. The lowest BCUT2D eigenvalue weighted by Gasteiger charge is -2.06. The summed E-state index contributed by atoms with van der Waals surface area (Å²) in [6.45, 7) is 1.93. The number of anilines is 1. The van der Waals surface area contributed by atoms with Gasteiger partial charge >= 0.3 is 0 Å². The van der Waals surface area contributed by atoms with Crippen LogP contribution in [-0.2, 0) is 0 Å². The first kappa shape index (κ1) is 15.7. The minimum atomic E-state index is -0.839. The molecule has 1 unspecified atom stereocenters. The van der Waals surface area contributed by atoms with Crippen LogP contribution in [0.15, 0.2) is 42.5 Å². The zero-order valence-electron chi connectivity index (χ0n) is 13.2. The van der Waals surface area contributed by atoms with Crippen molar-refractivity contribution < 1.29 is 9.13 Å². The van der Waals surface area contributed by atoms with E-state index in [1.807, 2.05) is 37.4 Å². The third-order valence-corrected chi connectivity index (χ3v) is 4.63. The second-order valence-corrected chi connectivity index (χ2v) is 6.42. The number of rotatable bonds is 6. The Morgan fingerprint density at radius 3 is 2.70 bits per heavy atom. The summed E-state index contributed by atoms with van der Waals surface area (Å²) in [6, 6.07) is 14.0. The first-order valence-electron chi connectivity index (χ1n) is 7.61. The number of fused-ring (bicyclic) bond motifs is 1. The average Bonchev–Trinajstić information content (AvgIpc) is 2.98. The quantitative estimate of drug-likeness (QED) is 0.680. The average molecular weight is 330 g/mol. The summed E-state index contributed by atoms with van der Waals surface area (Å²) in [4.78, 5) is 4.67. The van der Waals surface area contributed by atoms with E-state index in [1.165, 1.54) is 0 Å². The zero-order valence-corrected chi connectivity index (χ0v) is 14.0. The molecule has 0 fully saturated rings. The fraction of sp³-hybridized carbons (Fsp3) is 0.278. The van der Waals surface area contributed by atoms with Gasteiger partial charge in [-0.05, 0) is 49.4 Å². The molecule has 2 aromatic carbocycles. The van der Waals surface area contributed by atoms with Crippen molar-refractivity contribution in [2.45, 2.75) is 19.5 Å². The molecule has 0 saturated carbocycles. The highest BCUT2D eigenvalue weighted by Gasteiger charge is 2.08. The Labute approximate surface area is 139 Å². The number of nitrogens with one attached hydrogen (secondary N) is 1. The van der Waals surface area contributed by atoms with Gasteiger partial charge in [-0.15, -0.1) is 11.3 Å². The molecule has 0 aliphatic heterocycles. The molecule has 3 nitrogen and oxygen atoms in total. The summed E-state index contributed by atoms with van der Waals surface area (Å²) < 4.78 is 19.5. The predicted molar refractivity (Wildman–Crippen MR) is 95.3 cm³/mol. The number of alkyl halides is 1. The van der Waals surface area contributed by atoms with Crippen LogP contribution in [0.25, 0.3) is 20.8 Å². The van der Waals surface area contributed by atoms with Crippen molar-refractivity contribution in [3.63, 3.8) is 0 Å². The fourth-order valence-corrected chi connectivity index (χ4v) is 3.24. The van der Waals surface area contributed by atoms with Gasteiger partial charge in [-0.3, -0.25) is 0 Å². The number of ether oxygens (including phenoxy) is 1. The van der Waals surface area contributed by atoms with E-state index >= 15 is 0 Å². The van der Waals surface area contributed by atoms with Crippen LogP contribution >= 0.6 is 11.3 Å². The molecule has 0 amide bonds. The first-order chi connectivity index (χ1) is 11.2. The maximum Gasteiger partial charge on any atom is 0.124 e. The molecule has 0 bridgehead atoms. The summed E-state index contributed by atoms with van der Waals surface area (Å²) >= 11 is 1.63. The van der Waals surface area contributed by atoms with E-state index in [2.05, 4.69) is 22.4 Å². The van der Waals surface area contributed by atoms with Gasteiger partial charge in [0.25, 0.3) is 0 Å². The van der Waals surface area contributed by atoms with E-state index in [1.54, 1.807) is 18.3 Å². The molecule has 0 spiro atoms. The number of nitrogens with zero attached hydrogens (tertiary/aromatic N) is 1. The molecule has 1 atom stereocenters. The van der Waals surface area contributed by atoms with Crippen molar-refractivity contribution >= 4 is 27.2 Å². The maximum absolute atomic E-state index is 12.8. The van der Waals surface area contributed by atoms with Crippen LogP contribution in [0.5, 0.6) is 5.75 Å². The van der Waals surface area contributed by atoms with Crippen LogP contribution in [0.1, 0.15) is 13.3 Å². The van der Waals surface area contributed by atoms with Crippen LogP contribution in [0.4, 0.5) is 10.1 Å². The molecule has 0 aliphatic carbocycles. The van der Waals surface area contributed by atoms with Crippen molar-refractivity contribution in [2.75, 3.05) is 19.0 Å². The molecule has 0 aliphatic rings. The Bertz CT molecular complexity index is 783. The molecular formula is C18H19FN2OS. The van der Waals surface area contributed by atoms with Crippen LogP contribution in [0.3, 0.4) is 0 Å². The van der Waals surface area contributed by atoms with Crippen molar-refractivity contribution in [3.8, 4) is 16.3 Å². The Kier molecular flexibility index (Phi) is 4.76. The van der Waals surface area contributed by atoms with Gasteiger partial charge in [-0.1, -0.05) is 0 Å². The van der Waals surface area contributed by atoms with E-state index in [-0.39, 0.29) is 0 Å². The Hall–Kier alpha value is -2.14. The van der Waals surface area contributed by atoms with Gasteiger partial charge in [0.15, 0.2) is 0 Å². The third kappa shape index (κ3) is 3.79. The van der Waals surface area contributed by atoms with Crippen molar-refractivity contribution in [1.29, 1.82) is 0 Å². The topological polar surface area (TPSA) is 34.2 Å². The van der Waals surface area contributed by atoms with E-state index in [4.69, 9.17) is 4.74 Å². The molecule has 0 radical (unpaired) electrons. The minimum Gasteiger partial charge on any atom is -0.493 e. The molecule has 1 heterocycles. The van der Waals surface area contributed by atoms with E-state index < -0.39 is 6.17 Å². The molecule has 120 valence electrons. The van der Waals surface area contributed by atoms with Crippen LogP contribution in [0.2, 0.25) is 0 Å². The molecule has 1 N–H and O–H groups in total. The fourth-order valence-electron chi connectivity index (χ4n) is 2.24. The lowest BCUT2D eigenvalue weighted by atomic mass is 10.2. The maximum atomic E-state index is 12.8. The van der Waals surface area contributed by atoms with Crippen molar-refractivity contribution in [2.24, 2.45) is 0 Å². The number of hydrogen-bond acceptors (Lipinski definition) is 4. The Morgan fingerprint density at radius 2 is 2.00 bits per heavy atom. The van der Waals surface area contributed by atoms with Crippen molar-refractivity contribution in [3.05, 3.63) is 42.5 Å². The van der Waals surface area contributed by atoms with Gasteiger partial charge in [0.1, 0.15) is 16.9 Å². The first-order valence-corrected chi connectivity index (χ1v) is 8.43. The van der Waals surface area contributed by atoms with E-state index in [9.17, 15) is 4.39 Å². The lowest BCUT2D eigenvalue weighted by molar-refractivity contribution is 0.247. The number of halogens is 1. The highest BCUT2D eigenvalue weighted by molar-refractivity contribution is 7.21. The molecule has 3 aromatic rings. The van der Waals surface area contributed by atoms with Crippen LogP contribution in [-0.4, -0.2) is 24.8 Å². The van der Waals surface area contributed by atoms with Gasteiger partial charge in [-0.2, -0.15) is 0 Å². The summed E-state index contributed by atoms with van der Waals surface area (Å²) in [5.41, 5.74) is 3.13. The second-order valence-electron chi connectivity index (χ2n) is 5.39. The zero-order chi connectivity index (χ0) is 16.2. The van der Waals surface area contributed by atoms with Gasteiger partial charge in [0.05, 0.1) is 16.8 Å². The molecule has 3 rings (SSSR count). The monoisotopic (exact) mass is 330 g/mol. The standard InChI is InChI=1S/C18H19FN2OS/c1-12(19)9-10-22-15-7-8-16-17(11-15)23-18(21-16)13-3-5-14(20-2)6-4-13/h3-8,11-12,20H,9-10H2,1-2H3. The Balaban J connectivity index is 1.80. The number of aromatic nitrogens is 1. The van der Waals surface area contributed by atoms with Gasteiger partial charge in [-0.25, -0.2) is 9.37 Å². The summed E-state index contributed by atoms with van der Waals surface area (Å²) in [7, 11) is 1.90. The van der Waals surface area contributed by atoms with E-state index in [0.29, 0.717) is 13.0 Å². The highest BCUT2D eigenvalue weighted by atomic mass is 32.1. The molecule has 1 aromatic heterocycles. The molecule has 23 heavy (non-hydrogen) atoms. The van der Waals surface area contributed by atoms with Crippen molar-refractivity contribution in [1.82, 2.24) is 4.98 Å². The largest absolute Gasteiger partial charge is 0.493 e. The predicted octanol–water partition coefficient (Wildman–Crippen LogP) is 5.13. The smallest absolute Gasteiger partial charge is 0.124 e. The third-order valence-electron chi connectivity index (χ3n) is 3.56. The molecule has 5 heteroatoms. The molecular weight excluding hydrogens is 311 g/mol. The van der Waals surface area contributed by atoms with Gasteiger partial charge < -0.3 is 10.1 Å². The number of thiazole rings is 1. The normalized spacial score (nSPS) is 12.3.